The van der Waals surface area contributed by atoms with Crippen LogP contribution in [-0.2, 0) is 0 Å². The maximum atomic E-state index is 13.3. The topological polar surface area (TPSA) is 4.93 Å². The first-order valence-corrected chi connectivity index (χ1v) is 5.07. The van der Waals surface area contributed by atoms with Crippen LogP contribution in [0.1, 0.15) is 5.56 Å². The van der Waals surface area contributed by atoms with Crippen molar-refractivity contribution >= 4 is 15.9 Å². The van der Waals surface area contributed by atoms with Gasteiger partial charge in [-0.25, -0.2) is 4.39 Å². The molecule has 3 heteroatoms. The van der Waals surface area contributed by atoms with Gasteiger partial charge in [0.2, 0.25) is 0 Å². The molecule has 14 heavy (non-hydrogen) atoms. The fraction of sp³-hybridized carbons (Fsp3) is 0.0909. The second kappa shape index (κ2) is 3.58. The highest BCUT2D eigenvalue weighted by Crippen LogP contribution is 2.22. The van der Waals surface area contributed by atoms with Crippen molar-refractivity contribution in [3.05, 3.63) is 52.5 Å². The predicted octanol–water partition coefficient (Wildman–Crippen LogP) is 3.69. The molecule has 0 N–H and O–H groups in total. The summed E-state index contributed by atoms with van der Waals surface area (Å²) < 4.78 is 15.7. The van der Waals surface area contributed by atoms with Crippen molar-refractivity contribution in [1.82, 2.24) is 4.57 Å². The molecule has 0 aliphatic rings. The van der Waals surface area contributed by atoms with Gasteiger partial charge in [-0.15, -0.1) is 0 Å². The smallest absolute Gasteiger partial charge is 0.139 e. The third-order valence-electron chi connectivity index (χ3n) is 2.12. The zero-order valence-electron chi connectivity index (χ0n) is 7.67. The van der Waals surface area contributed by atoms with Gasteiger partial charge in [0, 0.05) is 12.4 Å². The van der Waals surface area contributed by atoms with E-state index in [1.807, 2.05) is 36.0 Å². The molecule has 0 radical (unpaired) electrons. The molecule has 0 bridgehead atoms. The van der Waals surface area contributed by atoms with E-state index in [4.69, 9.17) is 0 Å². The molecule has 2 rings (SSSR count). The van der Waals surface area contributed by atoms with E-state index in [2.05, 4.69) is 15.9 Å². The van der Waals surface area contributed by atoms with Crippen LogP contribution in [0.15, 0.2) is 41.1 Å². The first-order valence-electron chi connectivity index (χ1n) is 4.27. The van der Waals surface area contributed by atoms with Crippen LogP contribution >= 0.6 is 15.9 Å². The average Bonchev–Trinajstić information content (AvgIpc) is 2.64. The molecule has 0 saturated heterocycles. The van der Waals surface area contributed by atoms with E-state index in [0.717, 1.165) is 11.3 Å². The van der Waals surface area contributed by atoms with Crippen molar-refractivity contribution < 1.29 is 4.39 Å². The SMILES string of the molecule is Cc1cc(Br)c(F)cc1-n1cccc1. The Hall–Kier alpha value is -1.09. The predicted molar refractivity (Wildman–Crippen MR) is 58.2 cm³/mol. The fourth-order valence-corrected chi connectivity index (χ4v) is 1.87. The lowest BCUT2D eigenvalue weighted by atomic mass is 10.2. The summed E-state index contributed by atoms with van der Waals surface area (Å²) in [6.45, 7) is 1.96. The average molecular weight is 254 g/mol. The Kier molecular flexibility index (Phi) is 2.42. The summed E-state index contributed by atoms with van der Waals surface area (Å²) >= 11 is 3.16. The number of halogens is 2. The van der Waals surface area contributed by atoms with Gasteiger partial charge in [-0.2, -0.15) is 0 Å². The minimum Gasteiger partial charge on any atom is -0.324 e. The van der Waals surface area contributed by atoms with Crippen molar-refractivity contribution in [3.63, 3.8) is 0 Å². The molecule has 1 nitrogen and oxygen atoms in total. The lowest BCUT2D eigenvalue weighted by Crippen LogP contribution is -1.95. The monoisotopic (exact) mass is 253 g/mol. The van der Waals surface area contributed by atoms with Crippen molar-refractivity contribution in [1.29, 1.82) is 0 Å². The van der Waals surface area contributed by atoms with Gasteiger partial charge in [-0.3, -0.25) is 0 Å². The van der Waals surface area contributed by atoms with E-state index in [0.29, 0.717) is 4.47 Å². The molecule has 0 spiro atoms. The summed E-state index contributed by atoms with van der Waals surface area (Å²) in [5, 5.41) is 0. The van der Waals surface area contributed by atoms with E-state index >= 15 is 0 Å². The van der Waals surface area contributed by atoms with Gasteiger partial charge in [-0.1, -0.05) is 0 Å². The van der Waals surface area contributed by atoms with E-state index in [1.165, 1.54) is 6.07 Å². The van der Waals surface area contributed by atoms with Crippen LogP contribution in [-0.4, -0.2) is 4.57 Å². The van der Waals surface area contributed by atoms with Gasteiger partial charge in [-0.05, 0) is 52.7 Å². The highest BCUT2D eigenvalue weighted by Gasteiger charge is 2.05. The third kappa shape index (κ3) is 1.60. The molecule has 72 valence electrons. The molecule has 0 aliphatic heterocycles. The third-order valence-corrected chi connectivity index (χ3v) is 2.73. The lowest BCUT2D eigenvalue weighted by molar-refractivity contribution is 0.619. The Balaban J connectivity index is 2.60. The number of aryl methyl sites for hydroxylation is 1. The molecule has 0 fully saturated rings. The second-order valence-corrected chi connectivity index (χ2v) is 4.00. The van der Waals surface area contributed by atoms with Crippen LogP contribution < -0.4 is 0 Å². The molecule has 1 aromatic carbocycles. The van der Waals surface area contributed by atoms with Gasteiger partial charge >= 0.3 is 0 Å². The van der Waals surface area contributed by atoms with Crippen LogP contribution in [0.3, 0.4) is 0 Å². The largest absolute Gasteiger partial charge is 0.324 e. The standard InChI is InChI=1S/C11H9BrFN/c1-8-6-9(12)10(13)7-11(8)14-4-2-3-5-14/h2-7H,1H3. The minimum atomic E-state index is -0.237. The number of aromatic nitrogens is 1. The fourth-order valence-electron chi connectivity index (χ4n) is 1.41. The van der Waals surface area contributed by atoms with Crippen LogP contribution in [0.25, 0.3) is 5.69 Å². The van der Waals surface area contributed by atoms with E-state index in [9.17, 15) is 4.39 Å². The highest BCUT2D eigenvalue weighted by molar-refractivity contribution is 9.10. The summed E-state index contributed by atoms with van der Waals surface area (Å²) in [7, 11) is 0. The Morgan fingerprint density at radius 1 is 1.21 bits per heavy atom. The molecule has 0 atom stereocenters. The van der Waals surface area contributed by atoms with Crippen molar-refractivity contribution in [3.8, 4) is 5.69 Å². The molecule has 1 heterocycles. The van der Waals surface area contributed by atoms with Crippen LogP contribution in [0.4, 0.5) is 4.39 Å². The number of hydrogen-bond acceptors (Lipinski definition) is 0. The molecular formula is C11H9BrFN. The summed E-state index contributed by atoms with van der Waals surface area (Å²) in [5.41, 5.74) is 1.91. The summed E-state index contributed by atoms with van der Waals surface area (Å²) in [6.07, 6.45) is 3.80. The Bertz CT molecular complexity index is 449. The summed E-state index contributed by atoms with van der Waals surface area (Å²) in [4.78, 5) is 0. The Morgan fingerprint density at radius 2 is 1.86 bits per heavy atom. The summed E-state index contributed by atoms with van der Waals surface area (Å²) in [6, 6.07) is 7.14. The highest BCUT2D eigenvalue weighted by atomic mass is 79.9. The van der Waals surface area contributed by atoms with Gasteiger partial charge in [0.1, 0.15) is 5.82 Å². The zero-order chi connectivity index (χ0) is 10.1. The van der Waals surface area contributed by atoms with Crippen LogP contribution in [0.2, 0.25) is 0 Å². The van der Waals surface area contributed by atoms with Gasteiger partial charge in [0.05, 0.1) is 10.2 Å². The first-order chi connectivity index (χ1) is 6.68. The normalized spacial score (nSPS) is 10.5. The van der Waals surface area contributed by atoms with Gasteiger partial charge in [0.15, 0.2) is 0 Å². The lowest BCUT2D eigenvalue weighted by Gasteiger charge is -2.08. The first kappa shape index (κ1) is 9.46. The van der Waals surface area contributed by atoms with Gasteiger partial charge in [0.25, 0.3) is 0 Å². The maximum Gasteiger partial charge on any atom is 0.139 e. The molecule has 0 saturated carbocycles. The van der Waals surface area contributed by atoms with Crippen LogP contribution in [0.5, 0.6) is 0 Å². The van der Waals surface area contributed by atoms with E-state index in [-0.39, 0.29) is 5.82 Å². The quantitative estimate of drug-likeness (QED) is 0.731. The van der Waals surface area contributed by atoms with Crippen molar-refractivity contribution in [2.24, 2.45) is 0 Å². The number of rotatable bonds is 1. The molecule has 0 amide bonds. The minimum absolute atomic E-state index is 0.237. The number of nitrogens with zero attached hydrogens (tertiary/aromatic N) is 1. The number of hydrogen-bond donors (Lipinski definition) is 0. The Morgan fingerprint density at radius 3 is 2.50 bits per heavy atom. The maximum absolute atomic E-state index is 13.3. The molecule has 1 aromatic heterocycles. The van der Waals surface area contributed by atoms with Gasteiger partial charge < -0.3 is 4.57 Å². The van der Waals surface area contributed by atoms with Crippen molar-refractivity contribution in [2.75, 3.05) is 0 Å². The Labute approximate surface area is 90.3 Å². The van der Waals surface area contributed by atoms with Crippen molar-refractivity contribution in [2.45, 2.75) is 6.92 Å². The van der Waals surface area contributed by atoms with E-state index < -0.39 is 0 Å². The van der Waals surface area contributed by atoms with Crippen LogP contribution in [0, 0.1) is 12.7 Å². The summed E-state index contributed by atoms with van der Waals surface area (Å²) in [5.74, 6) is -0.237. The zero-order valence-corrected chi connectivity index (χ0v) is 9.25. The molecular weight excluding hydrogens is 245 g/mol. The molecule has 2 aromatic rings. The van der Waals surface area contributed by atoms with E-state index in [1.54, 1.807) is 6.07 Å². The molecule has 0 unspecified atom stereocenters. The number of benzene rings is 1. The second-order valence-electron chi connectivity index (χ2n) is 3.14. The molecule has 0 aliphatic carbocycles.